The summed E-state index contributed by atoms with van der Waals surface area (Å²) in [4.78, 5) is 26.3. The van der Waals surface area contributed by atoms with E-state index in [9.17, 15) is 9.59 Å². The number of nitrogens with zero attached hydrogens (tertiary/aromatic N) is 1. The van der Waals surface area contributed by atoms with Crippen molar-refractivity contribution in [3.63, 3.8) is 0 Å². The number of nitrogens with one attached hydrogen (secondary N) is 1. The maximum atomic E-state index is 12.4. The van der Waals surface area contributed by atoms with Crippen molar-refractivity contribution in [1.82, 2.24) is 5.32 Å². The van der Waals surface area contributed by atoms with Crippen LogP contribution in [-0.4, -0.2) is 45.7 Å². The molecule has 1 unspecified atom stereocenters. The van der Waals surface area contributed by atoms with Gasteiger partial charge in [0.1, 0.15) is 23.9 Å². The third kappa shape index (κ3) is 4.73. The number of methoxy groups -OCH3 is 2. The van der Waals surface area contributed by atoms with E-state index in [1.165, 1.54) is 0 Å². The zero-order valence-electron chi connectivity index (χ0n) is 16.0. The van der Waals surface area contributed by atoms with Crippen molar-refractivity contribution in [2.24, 2.45) is 5.92 Å². The summed E-state index contributed by atoms with van der Waals surface area (Å²) < 4.78 is 15.8. The number of hydrogen-bond donors (Lipinski definition) is 1. The van der Waals surface area contributed by atoms with E-state index in [2.05, 4.69) is 5.32 Å². The van der Waals surface area contributed by atoms with E-state index < -0.39 is 0 Å². The van der Waals surface area contributed by atoms with Crippen LogP contribution in [0, 0.1) is 5.92 Å². The Balaban J connectivity index is 1.44. The molecule has 0 aromatic heterocycles. The summed E-state index contributed by atoms with van der Waals surface area (Å²) in [6.07, 6.45) is 0.206. The Morgan fingerprint density at radius 2 is 1.57 bits per heavy atom. The van der Waals surface area contributed by atoms with E-state index in [4.69, 9.17) is 14.2 Å². The highest BCUT2D eigenvalue weighted by atomic mass is 16.5. The molecule has 148 valence electrons. The zero-order chi connectivity index (χ0) is 19.9. The number of rotatable bonds is 8. The minimum absolute atomic E-state index is 0.0557. The molecule has 0 radical (unpaired) electrons. The van der Waals surface area contributed by atoms with Gasteiger partial charge in [-0.25, -0.2) is 0 Å². The van der Waals surface area contributed by atoms with E-state index in [1.807, 2.05) is 36.4 Å². The molecule has 1 saturated heterocycles. The van der Waals surface area contributed by atoms with Crippen molar-refractivity contribution in [3.8, 4) is 17.2 Å². The van der Waals surface area contributed by atoms with E-state index in [0.29, 0.717) is 25.4 Å². The van der Waals surface area contributed by atoms with Crippen molar-refractivity contribution >= 4 is 17.5 Å². The number of carbonyl (C=O) groups is 2. The highest BCUT2D eigenvalue weighted by Gasteiger charge is 2.34. The summed E-state index contributed by atoms with van der Waals surface area (Å²) >= 11 is 0. The van der Waals surface area contributed by atoms with Gasteiger partial charge in [0, 0.05) is 18.7 Å². The minimum Gasteiger partial charge on any atom is -0.497 e. The molecule has 1 aliphatic heterocycles. The fourth-order valence-electron chi connectivity index (χ4n) is 3.05. The molecule has 1 atom stereocenters. The normalized spacial score (nSPS) is 16.0. The summed E-state index contributed by atoms with van der Waals surface area (Å²) in [7, 11) is 3.20. The van der Waals surface area contributed by atoms with Crippen LogP contribution in [0.4, 0.5) is 5.69 Å². The molecule has 3 rings (SSSR count). The van der Waals surface area contributed by atoms with Crippen LogP contribution >= 0.6 is 0 Å². The lowest BCUT2D eigenvalue weighted by molar-refractivity contribution is -0.126. The standard InChI is InChI=1S/C21H24N2O5/c1-26-17-5-3-16(4-6-17)23-14-15(13-20(23)24)21(25)22-11-12-28-19-9-7-18(27-2)8-10-19/h3-10,15H,11-14H2,1-2H3,(H,22,25). The van der Waals surface area contributed by atoms with Crippen molar-refractivity contribution in [2.45, 2.75) is 6.42 Å². The molecule has 2 amide bonds. The average molecular weight is 384 g/mol. The van der Waals surface area contributed by atoms with Crippen LogP contribution in [0.5, 0.6) is 17.2 Å². The van der Waals surface area contributed by atoms with Crippen molar-refractivity contribution in [2.75, 3.05) is 38.8 Å². The van der Waals surface area contributed by atoms with Crippen molar-refractivity contribution in [1.29, 1.82) is 0 Å². The molecule has 2 aromatic carbocycles. The van der Waals surface area contributed by atoms with Gasteiger partial charge in [-0.2, -0.15) is 0 Å². The topological polar surface area (TPSA) is 77.1 Å². The van der Waals surface area contributed by atoms with Crippen LogP contribution in [-0.2, 0) is 9.59 Å². The zero-order valence-corrected chi connectivity index (χ0v) is 16.0. The number of ether oxygens (including phenoxy) is 3. The van der Waals surface area contributed by atoms with E-state index in [-0.39, 0.29) is 24.2 Å². The van der Waals surface area contributed by atoms with Gasteiger partial charge in [-0.1, -0.05) is 0 Å². The van der Waals surface area contributed by atoms with Crippen molar-refractivity contribution < 1.29 is 23.8 Å². The van der Waals surface area contributed by atoms with Gasteiger partial charge >= 0.3 is 0 Å². The second-order valence-electron chi connectivity index (χ2n) is 6.42. The summed E-state index contributed by atoms with van der Waals surface area (Å²) in [5.41, 5.74) is 0.768. The summed E-state index contributed by atoms with van der Waals surface area (Å²) in [6.45, 7) is 1.09. The smallest absolute Gasteiger partial charge is 0.227 e. The highest BCUT2D eigenvalue weighted by Crippen LogP contribution is 2.26. The number of carbonyl (C=O) groups excluding carboxylic acids is 2. The van der Waals surface area contributed by atoms with Gasteiger partial charge in [0.2, 0.25) is 11.8 Å². The fraction of sp³-hybridized carbons (Fsp3) is 0.333. The Hall–Kier alpha value is -3.22. The SMILES string of the molecule is COc1ccc(OCCNC(=O)C2CC(=O)N(c3ccc(OC)cc3)C2)cc1. The Labute approximate surface area is 164 Å². The van der Waals surface area contributed by atoms with E-state index in [1.54, 1.807) is 31.3 Å². The first-order valence-electron chi connectivity index (χ1n) is 9.09. The van der Waals surface area contributed by atoms with Crippen LogP contribution in [0.3, 0.4) is 0 Å². The van der Waals surface area contributed by atoms with Crippen LogP contribution in [0.1, 0.15) is 6.42 Å². The third-order valence-electron chi connectivity index (χ3n) is 4.61. The Kier molecular flexibility index (Phi) is 6.37. The molecular weight excluding hydrogens is 360 g/mol. The molecule has 2 aromatic rings. The third-order valence-corrected chi connectivity index (χ3v) is 4.61. The average Bonchev–Trinajstić information content (AvgIpc) is 3.13. The van der Waals surface area contributed by atoms with Crippen LogP contribution < -0.4 is 24.4 Å². The van der Waals surface area contributed by atoms with Gasteiger partial charge in [0.25, 0.3) is 0 Å². The van der Waals surface area contributed by atoms with E-state index in [0.717, 1.165) is 17.2 Å². The monoisotopic (exact) mass is 384 g/mol. The lowest BCUT2D eigenvalue weighted by Gasteiger charge is -2.17. The second-order valence-corrected chi connectivity index (χ2v) is 6.42. The first kappa shape index (κ1) is 19.5. The van der Waals surface area contributed by atoms with Crippen molar-refractivity contribution in [3.05, 3.63) is 48.5 Å². The van der Waals surface area contributed by atoms with Crippen LogP contribution in [0.15, 0.2) is 48.5 Å². The van der Waals surface area contributed by atoms with Gasteiger partial charge in [-0.15, -0.1) is 0 Å². The van der Waals surface area contributed by atoms with Gasteiger partial charge in [0.15, 0.2) is 0 Å². The Bertz CT molecular complexity index is 805. The maximum absolute atomic E-state index is 12.4. The largest absolute Gasteiger partial charge is 0.497 e. The summed E-state index contributed by atoms with van der Waals surface area (Å²) in [6, 6.07) is 14.5. The molecule has 0 bridgehead atoms. The summed E-state index contributed by atoms with van der Waals surface area (Å²) in [5.74, 6) is 1.63. The number of anilines is 1. The quantitative estimate of drug-likeness (QED) is 0.707. The van der Waals surface area contributed by atoms with Gasteiger partial charge in [-0.05, 0) is 48.5 Å². The molecule has 7 nitrogen and oxygen atoms in total. The lowest BCUT2D eigenvalue weighted by Crippen LogP contribution is -2.35. The van der Waals surface area contributed by atoms with Gasteiger partial charge in [0.05, 0.1) is 26.7 Å². The molecule has 1 fully saturated rings. The molecule has 7 heteroatoms. The van der Waals surface area contributed by atoms with E-state index >= 15 is 0 Å². The van der Waals surface area contributed by atoms with Crippen LogP contribution in [0.2, 0.25) is 0 Å². The molecule has 1 N–H and O–H groups in total. The molecule has 1 aliphatic rings. The van der Waals surface area contributed by atoms with Gasteiger partial charge < -0.3 is 24.4 Å². The summed E-state index contributed by atoms with van der Waals surface area (Å²) in [5, 5.41) is 2.84. The predicted molar refractivity (Wildman–Crippen MR) is 105 cm³/mol. The maximum Gasteiger partial charge on any atom is 0.227 e. The van der Waals surface area contributed by atoms with Gasteiger partial charge in [-0.3, -0.25) is 9.59 Å². The van der Waals surface area contributed by atoms with Crippen LogP contribution in [0.25, 0.3) is 0 Å². The first-order valence-corrected chi connectivity index (χ1v) is 9.09. The minimum atomic E-state index is -0.365. The highest BCUT2D eigenvalue weighted by molar-refractivity contribution is 6.00. The Morgan fingerprint density at radius 1 is 1.00 bits per heavy atom. The fourth-order valence-corrected chi connectivity index (χ4v) is 3.05. The molecule has 0 aliphatic carbocycles. The first-order chi connectivity index (χ1) is 13.6. The Morgan fingerprint density at radius 3 is 2.18 bits per heavy atom. The second kappa shape index (κ2) is 9.12. The number of benzene rings is 2. The molecule has 28 heavy (non-hydrogen) atoms. The molecule has 1 heterocycles. The number of hydrogen-bond acceptors (Lipinski definition) is 5. The molecular formula is C21H24N2O5. The predicted octanol–water partition coefficient (Wildman–Crippen LogP) is 2.25. The molecule has 0 spiro atoms. The molecule has 0 saturated carbocycles. The lowest BCUT2D eigenvalue weighted by atomic mass is 10.1. The number of amides is 2.